The van der Waals surface area contributed by atoms with Crippen LogP contribution in [0.25, 0.3) is 22.4 Å². The summed E-state index contributed by atoms with van der Waals surface area (Å²) in [5, 5.41) is 13.3. The highest BCUT2D eigenvalue weighted by atomic mass is 35.5. The Kier molecular flexibility index (Phi) is 4.19. The van der Waals surface area contributed by atoms with Crippen LogP contribution >= 0.6 is 23.2 Å². The van der Waals surface area contributed by atoms with E-state index >= 15 is 0 Å². The fraction of sp³-hybridized carbons (Fsp3) is 0. The molecule has 0 aliphatic carbocycles. The number of aliphatic hydroxyl groups excluding tert-OH is 1. The molecular formula is C21H12Cl2O3. The van der Waals surface area contributed by atoms with Crippen LogP contribution in [0, 0.1) is 0 Å². The molecule has 3 nitrogen and oxygen atoms in total. The number of hydrogen-bond acceptors (Lipinski definition) is 3. The zero-order valence-electron chi connectivity index (χ0n) is 13.4. The van der Waals surface area contributed by atoms with Crippen LogP contribution in [-0.4, -0.2) is 11.1 Å². The van der Waals surface area contributed by atoms with E-state index in [1.165, 1.54) is 0 Å². The van der Waals surface area contributed by atoms with Gasteiger partial charge in [0.2, 0.25) is 0 Å². The molecule has 3 aromatic rings. The fourth-order valence-electron chi connectivity index (χ4n) is 2.99. The third-order valence-corrected chi connectivity index (χ3v) is 4.57. The predicted molar refractivity (Wildman–Crippen MR) is 104 cm³/mol. The van der Waals surface area contributed by atoms with Crippen molar-refractivity contribution in [1.29, 1.82) is 0 Å². The minimum atomic E-state index is -0.646. The molecule has 128 valence electrons. The Morgan fingerprint density at radius 2 is 1.62 bits per heavy atom. The maximum atomic E-state index is 12.3. The summed E-state index contributed by atoms with van der Waals surface area (Å²) in [5.41, 5.74) is 1.29. The monoisotopic (exact) mass is 382 g/mol. The Hall–Kier alpha value is -2.75. The predicted octanol–water partition coefficient (Wildman–Crippen LogP) is 6.01. The molecule has 0 fully saturated rings. The van der Waals surface area contributed by atoms with E-state index in [0.29, 0.717) is 15.6 Å². The van der Waals surface area contributed by atoms with Crippen molar-refractivity contribution >= 4 is 51.6 Å². The number of benzene rings is 3. The smallest absolute Gasteiger partial charge is 0.348 e. The number of aliphatic hydroxyl groups is 1. The van der Waals surface area contributed by atoms with Gasteiger partial charge in [-0.3, -0.25) is 0 Å². The summed E-state index contributed by atoms with van der Waals surface area (Å²) in [4.78, 5) is 12.3. The lowest BCUT2D eigenvalue weighted by molar-refractivity contribution is -0.131. The number of fused-ring (bicyclic) bond motifs is 1. The van der Waals surface area contributed by atoms with Gasteiger partial charge in [0.05, 0.1) is 0 Å². The highest BCUT2D eigenvalue weighted by Crippen LogP contribution is 2.35. The largest absolute Gasteiger partial charge is 0.504 e. The van der Waals surface area contributed by atoms with Crippen LogP contribution in [0.3, 0.4) is 0 Å². The first-order valence-electron chi connectivity index (χ1n) is 7.84. The third kappa shape index (κ3) is 2.96. The Morgan fingerprint density at radius 1 is 0.923 bits per heavy atom. The molecular weight excluding hydrogens is 371 g/mol. The van der Waals surface area contributed by atoms with E-state index in [1.807, 2.05) is 42.5 Å². The number of hydrogen-bond donors (Lipinski definition) is 1. The number of esters is 1. The topological polar surface area (TPSA) is 46.5 Å². The summed E-state index contributed by atoms with van der Waals surface area (Å²) in [5.74, 6) is -0.786. The zero-order chi connectivity index (χ0) is 18.3. The second-order valence-electron chi connectivity index (χ2n) is 5.85. The maximum Gasteiger partial charge on any atom is 0.348 e. The second kappa shape index (κ2) is 6.52. The van der Waals surface area contributed by atoms with Crippen LogP contribution in [0.4, 0.5) is 0 Å². The lowest BCUT2D eigenvalue weighted by Crippen LogP contribution is -1.98. The molecule has 4 rings (SSSR count). The van der Waals surface area contributed by atoms with Crippen molar-refractivity contribution in [2.45, 2.75) is 0 Å². The van der Waals surface area contributed by atoms with E-state index in [0.717, 1.165) is 16.3 Å². The van der Waals surface area contributed by atoms with E-state index in [4.69, 9.17) is 27.9 Å². The van der Waals surface area contributed by atoms with Crippen molar-refractivity contribution in [2.75, 3.05) is 0 Å². The first kappa shape index (κ1) is 16.7. The van der Waals surface area contributed by atoms with Crippen LogP contribution in [0.15, 0.2) is 72.2 Å². The summed E-state index contributed by atoms with van der Waals surface area (Å²) >= 11 is 12.0. The van der Waals surface area contributed by atoms with E-state index < -0.39 is 5.97 Å². The number of carbonyl (C=O) groups excluding carboxylic acids is 1. The molecule has 5 heteroatoms. The molecule has 0 atom stereocenters. The van der Waals surface area contributed by atoms with Crippen molar-refractivity contribution in [3.8, 4) is 0 Å². The molecule has 0 bridgehead atoms. The Morgan fingerprint density at radius 3 is 2.38 bits per heavy atom. The van der Waals surface area contributed by atoms with Gasteiger partial charge in [0.1, 0.15) is 5.57 Å². The van der Waals surface area contributed by atoms with Gasteiger partial charge in [-0.1, -0.05) is 65.7 Å². The van der Waals surface area contributed by atoms with Gasteiger partial charge < -0.3 is 9.84 Å². The highest BCUT2D eigenvalue weighted by Gasteiger charge is 2.31. The van der Waals surface area contributed by atoms with Gasteiger partial charge in [-0.05, 0) is 46.2 Å². The molecule has 1 heterocycles. The number of cyclic esters (lactones) is 1. The third-order valence-electron chi connectivity index (χ3n) is 4.14. The average Bonchev–Trinajstić information content (AvgIpc) is 2.88. The second-order valence-corrected chi connectivity index (χ2v) is 6.72. The number of ether oxygens (including phenoxy) is 1. The molecule has 0 saturated carbocycles. The van der Waals surface area contributed by atoms with Crippen molar-refractivity contribution in [1.82, 2.24) is 0 Å². The minimum Gasteiger partial charge on any atom is -0.504 e. The van der Waals surface area contributed by atoms with Gasteiger partial charge >= 0.3 is 5.97 Å². The van der Waals surface area contributed by atoms with Crippen molar-refractivity contribution in [3.63, 3.8) is 0 Å². The van der Waals surface area contributed by atoms with Crippen LogP contribution in [-0.2, 0) is 9.53 Å². The van der Waals surface area contributed by atoms with Crippen LogP contribution in [0.2, 0.25) is 10.0 Å². The van der Waals surface area contributed by atoms with Gasteiger partial charge in [0, 0.05) is 10.0 Å². The summed E-state index contributed by atoms with van der Waals surface area (Å²) in [7, 11) is 0. The fourth-order valence-corrected chi connectivity index (χ4v) is 3.51. The normalized spacial score (nSPS) is 15.8. The average molecular weight is 383 g/mol. The molecule has 0 radical (unpaired) electrons. The molecule has 0 spiro atoms. The summed E-state index contributed by atoms with van der Waals surface area (Å²) in [6.07, 6.45) is 1.65. The van der Waals surface area contributed by atoms with Gasteiger partial charge in [-0.2, -0.15) is 0 Å². The van der Waals surface area contributed by atoms with Gasteiger partial charge in [0.15, 0.2) is 11.5 Å². The van der Waals surface area contributed by atoms with Gasteiger partial charge in [0.25, 0.3) is 0 Å². The zero-order valence-corrected chi connectivity index (χ0v) is 14.9. The summed E-state index contributed by atoms with van der Waals surface area (Å²) in [6, 6.07) is 18.3. The molecule has 0 saturated heterocycles. The minimum absolute atomic E-state index is 0.0425. The molecule has 1 aliphatic heterocycles. The van der Waals surface area contributed by atoms with Gasteiger partial charge in [-0.25, -0.2) is 4.79 Å². The highest BCUT2D eigenvalue weighted by molar-refractivity contribution is 6.35. The molecule has 0 amide bonds. The lowest BCUT2D eigenvalue weighted by atomic mass is 10.0. The van der Waals surface area contributed by atoms with Gasteiger partial charge in [-0.15, -0.1) is 0 Å². The standard InChI is InChI=1S/C21H12Cl2O3/c22-15-8-14(9-16(23)11-15)19-20(24)18(26-21(19)25)10-13-6-3-5-12-4-1-2-7-17(12)13/h1-11,24H. The molecule has 26 heavy (non-hydrogen) atoms. The molecule has 0 unspecified atom stereocenters. The Bertz CT molecular complexity index is 1090. The van der Waals surface area contributed by atoms with E-state index in [9.17, 15) is 9.90 Å². The number of carbonyl (C=O) groups is 1. The molecule has 3 aromatic carbocycles. The lowest BCUT2D eigenvalue weighted by Gasteiger charge is -2.03. The van der Waals surface area contributed by atoms with Crippen molar-refractivity contribution in [2.24, 2.45) is 0 Å². The quantitative estimate of drug-likeness (QED) is 0.551. The maximum absolute atomic E-state index is 12.3. The van der Waals surface area contributed by atoms with Crippen LogP contribution in [0.1, 0.15) is 11.1 Å². The van der Waals surface area contributed by atoms with Crippen LogP contribution in [0.5, 0.6) is 0 Å². The van der Waals surface area contributed by atoms with E-state index in [2.05, 4.69) is 0 Å². The molecule has 1 N–H and O–H groups in total. The first-order valence-corrected chi connectivity index (χ1v) is 8.60. The SMILES string of the molecule is O=C1OC(=Cc2cccc3ccccc23)C(O)=C1c1cc(Cl)cc(Cl)c1. The molecule has 1 aliphatic rings. The Balaban J connectivity index is 1.84. The Labute approximate surface area is 159 Å². The summed E-state index contributed by atoms with van der Waals surface area (Å²) in [6.45, 7) is 0. The van der Waals surface area contributed by atoms with Crippen molar-refractivity contribution in [3.05, 3.63) is 93.4 Å². The van der Waals surface area contributed by atoms with E-state index in [1.54, 1.807) is 24.3 Å². The van der Waals surface area contributed by atoms with Crippen molar-refractivity contribution < 1.29 is 14.6 Å². The van der Waals surface area contributed by atoms with Crippen LogP contribution < -0.4 is 0 Å². The summed E-state index contributed by atoms with van der Waals surface area (Å²) < 4.78 is 5.29. The number of rotatable bonds is 2. The number of halogens is 2. The first-order chi connectivity index (χ1) is 12.5. The van der Waals surface area contributed by atoms with E-state index in [-0.39, 0.29) is 17.1 Å². The molecule has 0 aromatic heterocycles.